The average Bonchev–Trinajstić information content (AvgIpc) is 3.42. The minimum Gasteiger partial charge on any atom is -0.482 e. The number of nitrogens with zero attached hydrogens (tertiary/aromatic N) is 5. The molecule has 2 N–H and O–H groups in total. The van der Waals surface area contributed by atoms with E-state index in [1.165, 1.54) is 12.3 Å². The van der Waals surface area contributed by atoms with Gasteiger partial charge in [0.2, 0.25) is 5.95 Å². The summed E-state index contributed by atoms with van der Waals surface area (Å²) in [6, 6.07) is 3.96. The van der Waals surface area contributed by atoms with Gasteiger partial charge in [0, 0.05) is 31.2 Å². The summed E-state index contributed by atoms with van der Waals surface area (Å²) < 4.78 is 46.0. The molecule has 0 radical (unpaired) electrons. The van der Waals surface area contributed by atoms with E-state index in [9.17, 15) is 18.0 Å². The fourth-order valence-corrected chi connectivity index (χ4v) is 4.37. The number of benzene rings is 1. The van der Waals surface area contributed by atoms with Crippen molar-refractivity contribution < 1.29 is 27.4 Å². The molecule has 4 heterocycles. The Morgan fingerprint density at radius 3 is 2.83 bits per heavy atom. The molecule has 2 aromatic heterocycles. The van der Waals surface area contributed by atoms with Crippen molar-refractivity contribution in [3.8, 4) is 11.5 Å². The lowest BCUT2D eigenvalue weighted by molar-refractivity contribution is -0.274. The van der Waals surface area contributed by atoms with Crippen LogP contribution >= 0.6 is 11.6 Å². The number of hydrogen-bond acceptors (Lipinski definition) is 9. The Morgan fingerprint density at radius 1 is 1.31 bits per heavy atom. The van der Waals surface area contributed by atoms with Crippen molar-refractivity contribution in [2.24, 2.45) is 0 Å². The fraction of sp³-hybridized carbons (Fsp3) is 0.381. The smallest absolute Gasteiger partial charge is 0.482 e. The molecule has 3 aromatic rings. The van der Waals surface area contributed by atoms with E-state index in [1.807, 2.05) is 0 Å². The van der Waals surface area contributed by atoms with Gasteiger partial charge in [0.15, 0.2) is 18.1 Å². The third-order valence-electron chi connectivity index (χ3n) is 5.65. The first-order valence-corrected chi connectivity index (χ1v) is 11.0. The predicted molar refractivity (Wildman–Crippen MR) is 120 cm³/mol. The van der Waals surface area contributed by atoms with Crippen molar-refractivity contribution in [2.45, 2.75) is 31.8 Å². The number of aryl methyl sites for hydroxylation is 1. The maximum atomic E-state index is 12.3. The van der Waals surface area contributed by atoms with Crippen molar-refractivity contribution in [3.05, 3.63) is 35.1 Å². The Balaban J connectivity index is 1.23. The summed E-state index contributed by atoms with van der Waals surface area (Å²) in [5.74, 6) is -0.257. The number of carbonyl (C=O) groups is 1. The molecule has 2 bridgehead atoms. The summed E-state index contributed by atoms with van der Waals surface area (Å²) >= 11 is 5.92. The van der Waals surface area contributed by atoms with Crippen LogP contribution in [0.1, 0.15) is 12.1 Å². The Hall–Kier alpha value is -3.45. The monoisotopic (exact) mass is 509 g/mol. The number of ether oxygens (including phenoxy) is 2. The van der Waals surface area contributed by atoms with E-state index in [2.05, 4.69) is 40.2 Å². The molecule has 2 unspecified atom stereocenters. The standard InChI is InChI=1S/C21H19ClF3N7O3/c1-10-18-19(31-20(28-10)32-8-11-4-12(32)6-26-11)27-7-16(30-18)29-17(33)9-34-15-3-2-13(5-14(15)22)35-21(23,24)25/h2-3,5,7,11-12,26H,4,6,8-9H2,1H3,(H,29,30,33). The average molecular weight is 510 g/mol. The quantitative estimate of drug-likeness (QED) is 0.517. The number of piperazine rings is 1. The van der Waals surface area contributed by atoms with Gasteiger partial charge in [0.25, 0.3) is 5.91 Å². The molecule has 0 saturated carbocycles. The molecule has 0 aliphatic carbocycles. The second kappa shape index (κ2) is 8.96. The third kappa shape index (κ3) is 5.15. The maximum absolute atomic E-state index is 12.3. The molecule has 5 rings (SSSR count). The highest BCUT2D eigenvalue weighted by atomic mass is 35.5. The van der Waals surface area contributed by atoms with Gasteiger partial charge >= 0.3 is 6.36 Å². The number of carbonyl (C=O) groups excluding carboxylic acids is 1. The molecule has 1 amide bonds. The van der Waals surface area contributed by atoms with Crippen LogP contribution in [0.3, 0.4) is 0 Å². The number of alkyl halides is 3. The first-order chi connectivity index (χ1) is 16.6. The van der Waals surface area contributed by atoms with Crippen molar-refractivity contribution in [3.63, 3.8) is 0 Å². The lowest BCUT2D eigenvalue weighted by Crippen LogP contribution is -2.44. The second-order valence-corrected chi connectivity index (χ2v) is 8.57. The number of fused-ring (bicyclic) bond motifs is 3. The highest BCUT2D eigenvalue weighted by Crippen LogP contribution is 2.32. The molecule has 2 aliphatic heterocycles. The molecule has 2 saturated heterocycles. The number of halogens is 4. The van der Waals surface area contributed by atoms with Crippen molar-refractivity contribution in [1.82, 2.24) is 25.3 Å². The van der Waals surface area contributed by atoms with Gasteiger partial charge in [-0.25, -0.2) is 15.0 Å². The second-order valence-electron chi connectivity index (χ2n) is 8.16. The Labute approximate surface area is 201 Å². The minimum absolute atomic E-state index is 0.0172. The van der Waals surface area contributed by atoms with Gasteiger partial charge < -0.3 is 25.0 Å². The summed E-state index contributed by atoms with van der Waals surface area (Å²) in [7, 11) is 0. The summed E-state index contributed by atoms with van der Waals surface area (Å²) in [4.78, 5) is 32.3. The van der Waals surface area contributed by atoms with E-state index in [1.54, 1.807) is 6.92 Å². The summed E-state index contributed by atoms with van der Waals surface area (Å²) in [6.07, 6.45) is -2.40. The Morgan fingerprint density at radius 2 is 2.14 bits per heavy atom. The van der Waals surface area contributed by atoms with Crippen LogP contribution in [0, 0.1) is 6.92 Å². The van der Waals surface area contributed by atoms with Crippen molar-refractivity contribution in [2.75, 3.05) is 29.9 Å². The molecular weight excluding hydrogens is 491 g/mol. The number of anilines is 2. The number of rotatable bonds is 6. The van der Waals surface area contributed by atoms with Crippen LogP contribution in [0.25, 0.3) is 11.2 Å². The van der Waals surface area contributed by atoms with E-state index in [-0.39, 0.29) is 16.6 Å². The molecule has 184 valence electrons. The highest BCUT2D eigenvalue weighted by Gasteiger charge is 2.39. The van der Waals surface area contributed by atoms with Gasteiger partial charge in [0.05, 0.1) is 16.9 Å². The van der Waals surface area contributed by atoms with Gasteiger partial charge in [0.1, 0.15) is 17.0 Å². The largest absolute Gasteiger partial charge is 0.573 e. The van der Waals surface area contributed by atoms with Gasteiger partial charge in [-0.2, -0.15) is 4.98 Å². The van der Waals surface area contributed by atoms with Gasteiger partial charge in [-0.05, 0) is 25.5 Å². The highest BCUT2D eigenvalue weighted by molar-refractivity contribution is 6.32. The molecule has 2 fully saturated rings. The lowest BCUT2D eigenvalue weighted by Gasteiger charge is -2.27. The molecule has 1 aromatic carbocycles. The van der Waals surface area contributed by atoms with E-state index < -0.39 is 24.6 Å². The Kier molecular flexibility index (Phi) is 5.97. The van der Waals surface area contributed by atoms with Crippen LogP contribution in [0.5, 0.6) is 11.5 Å². The normalized spacial score (nSPS) is 19.3. The SMILES string of the molecule is Cc1nc(N2CC3CC2CN3)nc2ncc(NC(=O)COc3ccc(OC(F)(F)F)cc3Cl)nc12. The molecule has 35 heavy (non-hydrogen) atoms. The van der Waals surface area contributed by atoms with Crippen LogP contribution in [0.4, 0.5) is 24.9 Å². The van der Waals surface area contributed by atoms with Gasteiger partial charge in [-0.3, -0.25) is 4.79 Å². The van der Waals surface area contributed by atoms with Gasteiger partial charge in [-0.1, -0.05) is 11.6 Å². The number of amides is 1. The maximum Gasteiger partial charge on any atom is 0.573 e. The first-order valence-electron chi connectivity index (χ1n) is 10.6. The molecule has 0 spiro atoms. The number of aromatic nitrogens is 4. The van der Waals surface area contributed by atoms with E-state index in [4.69, 9.17) is 16.3 Å². The van der Waals surface area contributed by atoms with Crippen LogP contribution < -0.4 is 25.0 Å². The van der Waals surface area contributed by atoms with Crippen LogP contribution in [0.15, 0.2) is 24.4 Å². The summed E-state index contributed by atoms with van der Waals surface area (Å²) in [6.45, 7) is 3.09. The predicted octanol–water partition coefficient (Wildman–Crippen LogP) is 2.85. The lowest BCUT2D eigenvalue weighted by atomic mass is 10.2. The molecule has 10 nitrogen and oxygen atoms in total. The number of nitrogens with one attached hydrogen (secondary N) is 2. The minimum atomic E-state index is -4.84. The fourth-order valence-electron chi connectivity index (χ4n) is 4.14. The van der Waals surface area contributed by atoms with Crippen LogP contribution in [-0.2, 0) is 4.79 Å². The van der Waals surface area contributed by atoms with Crippen molar-refractivity contribution in [1.29, 1.82) is 0 Å². The summed E-state index contributed by atoms with van der Waals surface area (Å²) in [5, 5.41) is 5.85. The zero-order valence-electron chi connectivity index (χ0n) is 18.3. The zero-order valence-corrected chi connectivity index (χ0v) is 19.0. The summed E-state index contributed by atoms with van der Waals surface area (Å²) in [5.41, 5.74) is 1.51. The van der Waals surface area contributed by atoms with E-state index >= 15 is 0 Å². The van der Waals surface area contributed by atoms with Crippen LogP contribution in [0.2, 0.25) is 5.02 Å². The van der Waals surface area contributed by atoms with E-state index in [0.29, 0.717) is 34.9 Å². The van der Waals surface area contributed by atoms with Gasteiger partial charge in [-0.15, -0.1) is 13.2 Å². The van der Waals surface area contributed by atoms with Crippen LogP contribution in [-0.4, -0.2) is 64.0 Å². The molecule has 2 atom stereocenters. The van der Waals surface area contributed by atoms with E-state index in [0.717, 1.165) is 31.6 Å². The molecule has 2 aliphatic rings. The molecular formula is C21H19ClF3N7O3. The third-order valence-corrected chi connectivity index (χ3v) is 5.94. The Bertz CT molecular complexity index is 1290. The molecule has 14 heteroatoms. The number of hydrogen-bond donors (Lipinski definition) is 2. The topological polar surface area (TPSA) is 114 Å². The first kappa shape index (κ1) is 23.3. The zero-order chi connectivity index (χ0) is 24.7. The van der Waals surface area contributed by atoms with Crippen molar-refractivity contribution >= 4 is 40.4 Å².